The van der Waals surface area contributed by atoms with Crippen LogP contribution in [-0.4, -0.2) is 18.1 Å². The van der Waals surface area contributed by atoms with E-state index in [1.54, 1.807) is 23.1 Å². The van der Waals surface area contributed by atoms with Crippen molar-refractivity contribution in [3.63, 3.8) is 0 Å². The first-order valence-electron chi connectivity index (χ1n) is 10.5. The Balaban J connectivity index is 1.83. The Morgan fingerprint density at radius 3 is 1.81 bits per heavy atom. The van der Waals surface area contributed by atoms with Gasteiger partial charge in [0.15, 0.2) is 0 Å². The third kappa shape index (κ3) is 4.47. The van der Waals surface area contributed by atoms with Crippen molar-refractivity contribution in [1.82, 2.24) is 4.98 Å². The molecule has 1 aromatic heterocycles. The number of hydrogen-bond donors (Lipinski definition) is 0. The number of carbonyl (C=O) groups is 1. The van der Waals surface area contributed by atoms with Gasteiger partial charge in [-0.25, -0.2) is 4.79 Å². The summed E-state index contributed by atoms with van der Waals surface area (Å²) in [5.74, 6) is 0.731. The molecule has 160 valence electrons. The summed E-state index contributed by atoms with van der Waals surface area (Å²) in [6.45, 7) is 1.98. The van der Waals surface area contributed by atoms with Crippen LogP contribution < -0.4 is 14.5 Å². The third-order valence-corrected chi connectivity index (χ3v) is 5.28. The zero-order valence-electron chi connectivity index (χ0n) is 18.1. The van der Waals surface area contributed by atoms with Gasteiger partial charge in [-0.3, -0.25) is 14.8 Å². The van der Waals surface area contributed by atoms with Crippen molar-refractivity contribution in [3.8, 4) is 5.75 Å². The summed E-state index contributed by atoms with van der Waals surface area (Å²) < 4.78 is 5.31. The van der Waals surface area contributed by atoms with Crippen molar-refractivity contribution in [1.29, 1.82) is 0 Å². The summed E-state index contributed by atoms with van der Waals surface area (Å²) in [5, 5.41) is 0. The minimum Gasteiger partial charge on any atom is -0.497 e. The molecule has 3 aromatic carbocycles. The molecule has 5 nitrogen and oxygen atoms in total. The van der Waals surface area contributed by atoms with E-state index in [0.717, 1.165) is 28.5 Å². The van der Waals surface area contributed by atoms with Crippen LogP contribution in [0.2, 0.25) is 0 Å². The summed E-state index contributed by atoms with van der Waals surface area (Å²) in [7, 11) is 1.63. The van der Waals surface area contributed by atoms with Crippen LogP contribution in [0.3, 0.4) is 0 Å². The van der Waals surface area contributed by atoms with E-state index >= 15 is 0 Å². The van der Waals surface area contributed by atoms with Gasteiger partial charge in [0.1, 0.15) is 5.75 Å². The first-order chi connectivity index (χ1) is 15.7. The molecule has 0 saturated carbocycles. The number of methoxy groups -OCH3 is 1. The van der Waals surface area contributed by atoms with Crippen LogP contribution in [-0.2, 0) is 0 Å². The molecule has 1 atom stereocenters. The van der Waals surface area contributed by atoms with E-state index in [-0.39, 0.29) is 12.1 Å². The normalized spacial score (nSPS) is 11.4. The number of aromatic nitrogens is 1. The molecule has 0 aliphatic rings. The topological polar surface area (TPSA) is 45.7 Å². The Hall–Kier alpha value is -4.12. The van der Waals surface area contributed by atoms with Gasteiger partial charge < -0.3 is 4.74 Å². The number of para-hydroxylation sites is 2. The summed E-state index contributed by atoms with van der Waals surface area (Å²) in [4.78, 5) is 22.2. The average Bonchev–Trinajstić information content (AvgIpc) is 2.86. The molecule has 1 unspecified atom stereocenters. The van der Waals surface area contributed by atoms with Crippen LogP contribution in [0.25, 0.3) is 0 Å². The molecule has 4 aromatic rings. The molecule has 0 spiro atoms. The highest BCUT2D eigenvalue weighted by Gasteiger charge is 2.30. The highest BCUT2D eigenvalue weighted by molar-refractivity contribution is 6.08. The maximum Gasteiger partial charge on any atom is 0.334 e. The summed E-state index contributed by atoms with van der Waals surface area (Å²) in [6.07, 6.45) is 1.74. The monoisotopic (exact) mass is 423 g/mol. The number of benzene rings is 3. The molecule has 5 heteroatoms. The van der Waals surface area contributed by atoms with Crippen LogP contribution in [0, 0.1) is 0 Å². The molecule has 4 rings (SSSR count). The van der Waals surface area contributed by atoms with E-state index < -0.39 is 0 Å². The van der Waals surface area contributed by atoms with Crippen molar-refractivity contribution in [2.24, 2.45) is 0 Å². The number of nitrogens with zero attached hydrogens (tertiary/aromatic N) is 3. The lowest BCUT2D eigenvalue weighted by Crippen LogP contribution is -2.42. The Bertz CT molecular complexity index is 1090. The number of carbonyl (C=O) groups excluding carboxylic acids is 1. The zero-order valence-corrected chi connectivity index (χ0v) is 18.1. The molecule has 32 heavy (non-hydrogen) atoms. The van der Waals surface area contributed by atoms with Crippen molar-refractivity contribution in [2.75, 3.05) is 16.9 Å². The molecule has 0 aliphatic carbocycles. The summed E-state index contributed by atoms with van der Waals surface area (Å²) in [6, 6.07) is 32.1. The smallest absolute Gasteiger partial charge is 0.334 e. The number of urea groups is 1. The number of anilines is 3. The Kier molecular flexibility index (Phi) is 6.46. The van der Waals surface area contributed by atoms with Gasteiger partial charge >= 0.3 is 6.03 Å². The van der Waals surface area contributed by atoms with Crippen LogP contribution >= 0.6 is 0 Å². The first kappa shape index (κ1) is 21.1. The van der Waals surface area contributed by atoms with Gasteiger partial charge in [-0.05, 0) is 67.6 Å². The zero-order chi connectivity index (χ0) is 22.3. The van der Waals surface area contributed by atoms with E-state index in [2.05, 4.69) is 4.98 Å². The average molecular weight is 424 g/mol. The fourth-order valence-corrected chi connectivity index (χ4v) is 3.63. The molecule has 0 bridgehead atoms. The first-order valence-corrected chi connectivity index (χ1v) is 10.5. The fourth-order valence-electron chi connectivity index (χ4n) is 3.63. The van der Waals surface area contributed by atoms with Gasteiger partial charge in [-0.2, -0.15) is 0 Å². The molecule has 0 radical (unpaired) electrons. The molecule has 0 N–H and O–H groups in total. The van der Waals surface area contributed by atoms with Gasteiger partial charge in [0.2, 0.25) is 0 Å². The number of amides is 2. The Morgan fingerprint density at radius 2 is 1.31 bits per heavy atom. The highest BCUT2D eigenvalue weighted by atomic mass is 16.5. The minimum absolute atomic E-state index is 0.175. The van der Waals surface area contributed by atoms with Crippen molar-refractivity contribution in [2.45, 2.75) is 13.0 Å². The van der Waals surface area contributed by atoms with Gasteiger partial charge in [-0.1, -0.05) is 42.5 Å². The molecule has 0 fully saturated rings. The second-order valence-corrected chi connectivity index (χ2v) is 7.29. The van der Waals surface area contributed by atoms with Crippen molar-refractivity contribution in [3.05, 3.63) is 115 Å². The van der Waals surface area contributed by atoms with Crippen molar-refractivity contribution < 1.29 is 9.53 Å². The molecule has 1 heterocycles. The van der Waals surface area contributed by atoms with E-state index in [4.69, 9.17) is 4.74 Å². The van der Waals surface area contributed by atoms with Crippen LogP contribution in [0.15, 0.2) is 109 Å². The van der Waals surface area contributed by atoms with E-state index in [9.17, 15) is 4.79 Å². The molecule has 2 amide bonds. The number of hydrogen-bond acceptors (Lipinski definition) is 3. The lowest BCUT2D eigenvalue weighted by atomic mass is 10.1. The standard InChI is InChI=1S/C27H25N3O2/c1-21(26-15-9-10-20-28-26)29(24-16-18-25(32-2)19-17-24)27(31)30(22-11-5-3-6-12-22)23-13-7-4-8-14-23/h3-21H,1-2H3. The quantitative estimate of drug-likeness (QED) is 0.350. The largest absolute Gasteiger partial charge is 0.497 e. The van der Waals surface area contributed by atoms with Gasteiger partial charge in [0, 0.05) is 11.9 Å². The fraction of sp³-hybridized carbons (Fsp3) is 0.111. The number of ether oxygens (including phenoxy) is 1. The Morgan fingerprint density at radius 1 is 0.750 bits per heavy atom. The highest BCUT2D eigenvalue weighted by Crippen LogP contribution is 2.33. The number of rotatable bonds is 6. The summed E-state index contributed by atoms with van der Waals surface area (Å²) >= 11 is 0. The van der Waals surface area contributed by atoms with Gasteiger partial charge in [0.05, 0.1) is 30.2 Å². The molecular weight excluding hydrogens is 398 g/mol. The Labute approximate surface area is 188 Å². The van der Waals surface area contributed by atoms with Gasteiger partial charge in [0.25, 0.3) is 0 Å². The van der Waals surface area contributed by atoms with E-state index in [1.165, 1.54) is 0 Å². The van der Waals surface area contributed by atoms with Crippen LogP contribution in [0.1, 0.15) is 18.7 Å². The lowest BCUT2D eigenvalue weighted by Gasteiger charge is -2.34. The summed E-state index contributed by atoms with van der Waals surface area (Å²) in [5.41, 5.74) is 3.13. The molecule has 0 saturated heterocycles. The maximum atomic E-state index is 14.2. The lowest BCUT2D eigenvalue weighted by molar-refractivity contribution is 0.251. The molecular formula is C27H25N3O2. The van der Waals surface area contributed by atoms with Crippen LogP contribution in [0.4, 0.5) is 21.9 Å². The third-order valence-electron chi connectivity index (χ3n) is 5.28. The van der Waals surface area contributed by atoms with Gasteiger partial charge in [-0.15, -0.1) is 0 Å². The second-order valence-electron chi connectivity index (χ2n) is 7.29. The SMILES string of the molecule is COc1ccc(N(C(=O)N(c2ccccc2)c2ccccc2)C(C)c2ccccn2)cc1. The van der Waals surface area contributed by atoms with E-state index in [0.29, 0.717) is 0 Å². The minimum atomic E-state index is -0.299. The van der Waals surface area contributed by atoms with Crippen LogP contribution in [0.5, 0.6) is 5.75 Å². The van der Waals surface area contributed by atoms with E-state index in [1.807, 2.05) is 110 Å². The van der Waals surface area contributed by atoms with Crippen molar-refractivity contribution >= 4 is 23.1 Å². The maximum absolute atomic E-state index is 14.2. The predicted octanol–water partition coefficient (Wildman–Crippen LogP) is 6.62. The molecule has 0 aliphatic heterocycles. The second kappa shape index (κ2) is 9.79. The number of pyridine rings is 1. The predicted molar refractivity (Wildman–Crippen MR) is 129 cm³/mol.